The van der Waals surface area contributed by atoms with Crippen LogP contribution in [0.4, 0.5) is 0 Å². The van der Waals surface area contributed by atoms with Gasteiger partial charge in [0.15, 0.2) is 11.5 Å². The first-order chi connectivity index (χ1) is 13.6. The minimum atomic E-state index is 0.0420. The van der Waals surface area contributed by atoms with Crippen LogP contribution < -0.4 is 9.47 Å². The molecule has 0 bridgehead atoms. The number of carbonyl (C=O) groups excluding carboxylic acids is 1. The molecule has 0 fully saturated rings. The van der Waals surface area contributed by atoms with Crippen LogP contribution in [0.2, 0.25) is 0 Å². The van der Waals surface area contributed by atoms with Crippen molar-refractivity contribution < 1.29 is 14.3 Å². The first kappa shape index (κ1) is 19.8. The second-order valence-electron chi connectivity index (χ2n) is 6.16. The fraction of sp³-hybridized carbons (Fsp3) is 0.286. The van der Waals surface area contributed by atoms with Crippen molar-refractivity contribution in [3.8, 4) is 22.1 Å². The van der Waals surface area contributed by atoms with Crippen molar-refractivity contribution in [1.82, 2.24) is 14.9 Å². The maximum atomic E-state index is 12.8. The summed E-state index contributed by atoms with van der Waals surface area (Å²) < 4.78 is 10.6. The molecule has 28 heavy (non-hydrogen) atoms. The zero-order chi connectivity index (χ0) is 19.9. The highest BCUT2D eigenvalue weighted by Crippen LogP contribution is 2.28. The summed E-state index contributed by atoms with van der Waals surface area (Å²) in [6.07, 6.45) is 3.78. The van der Waals surface area contributed by atoms with E-state index < -0.39 is 0 Å². The highest BCUT2D eigenvalue weighted by atomic mass is 32.1. The number of methoxy groups -OCH3 is 2. The van der Waals surface area contributed by atoms with E-state index >= 15 is 0 Å². The lowest BCUT2D eigenvalue weighted by Gasteiger charge is -2.21. The number of hydrogen-bond acceptors (Lipinski definition) is 6. The van der Waals surface area contributed by atoms with Crippen LogP contribution in [-0.2, 0) is 17.8 Å². The second kappa shape index (κ2) is 9.32. The average Bonchev–Trinajstić information content (AvgIpc) is 3.20. The van der Waals surface area contributed by atoms with E-state index in [1.165, 1.54) is 11.3 Å². The Balaban J connectivity index is 1.68. The number of pyridine rings is 1. The molecule has 2 heterocycles. The average molecular weight is 398 g/mol. The van der Waals surface area contributed by atoms with Gasteiger partial charge in [0.1, 0.15) is 5.01 Å². The van der Waals surface area contributed by atoms with Gasteiger partial charge in [-0.15, -0.1) is 11.3 Å². The number of likely N-dealkylation sites (N-methyl/N-ethyl adjacent to an activating group) is 1. The summed E-state index contributed by atoms with van der Waals surface area (Å²) in [6.45, 7) is 3.10. The number of rotatable bonds is 8. The number of hydrogen-bond donors (Lipinski definition) is 0. The van der Waals surface area contributed by atoms with Crippen LogP contribution in [0.25, 0.3) is 10.6 Å². The molecule has 146 valence electrons. The topological polar surface area (TPSA) is 64.6 Å². The normalized spacial score (nSPS) is 10.5. The van der Waals surface area contributed by atoms with Gasteiger partial charge in [-0.2, -0.15) is 0 Å². The van der Waals surface area contributed by atoms with Crippen molar-refractivity contribution in [2.24, 2.45) is 0 Å². The monoisotopic (exact) mass is 397 g/mol. The summed E-state index contributed by atoms with van der Waals surface area (Å²) in [6, 6.07) is 9.54. The fourth-order valence-electron chi connectivity index (χ4n) is 2.85. The molecule has 3 rings (SSSR count). The third-order valence-electron chi connectivity index (χ3n) is 4.35. The lowest BCUT2D eigenvalue weighted by molar-refractivity contribution is -0.130. The van der Waals surface area contributed by atoms with Crippen molar-refractivity contribution in [2.45, 2.75) is 19.9 Å². The minimum absolute atomic E-state index is 0.0420. The van der Waals surface area contributed by atoms with Crippen molar-refractivity contribution in [1.29, 1.82) is 0 Å². The molecule has 0 aliphatic carbocycles. The summed E-state index contributed by atoms with van der Waals surface area (Å²) in [5.74, 6) is 1.37. The van der Waals surface area contributed by atoms with Crippen molar-refractivity contribution in [3.05, 3.63) is 59.4 Å². The Morgan fingerprint density at radius 2 is 2.00 bits per heavy atom. The maximum Gasteiger partial charge on any atom is 0.228 e. The molecule has 0 aliphatic heterocycles. The number of ether oxygens (including phenoxy) is 2. The van der Waals surface area contributed by atoms with Crippen LogP contribution in [0.15, 0.2) is 48.1 Å². The van der Waals surface area contributed by atoms with Gasteiger partial charge in [0.2, 0.25) is 5.91 Å². The minimum Gasteiger partial charge on any atom is -0.493 e. The number of aromatic nitrogens is 2. The predicted molar refractivity (Wildman–Crippen MR) is 110 cm³/mol. The van der Waals surface area contributed by atoms with Gasteiger partial charge in [-0.1, -0.05) is 6.07 Å². The van der Waals surface area contributed by atoms with Crippen LogP contribution >= 0.6 is 11.3 Å². The fourth-order valence-corrected chi connectivity index (χ4v) is 3.66. The molecule has 0 radical (unpaired) electrons. The van der Waals surface area contributed by atoms with E-state index in [4.69, 9.17) is 9.47 Å². The molecule has 6 nitrogen and oxygen atoms in total. The van der Waals surface area contributed by atoms with Gasteiger partial charge in [0, 0.05) is 36.4 Å². The number of nitrogens with zero attached hydrogens (tertiary/aromatic N) is 3. The Kier molecular flexibility index (Phi) is 6.60. The molecule has 1 aromatic carbocycles. The predicted octanol–water partition coefficient (Wildman–Crippen LogP) is 3.81. The Morgan fingerprint density at radius 1 is 1.18 bits per heavy atom. The van der Waals surface area contributed by atoms with E-state index in [9.17, 15) is 4.79 Å². The smallest absolute Gasteiger partial charge is 0.228 e. The van der Waals surface area contributed by atoms with E-state index in [0.29, 0.717) is 24.6 Å². The van der Waals surface area contributed by atoms with E-state index in [0.717, 1.165) is 21.8 Å². The molecule has 0 saturated carbocycles. The summed E-state index contributed by atoms with van der Waals surface area (Å²) >= 11 is 1.52. The highest BCUT2D eigenvalue weighted by molar-refractivity contribution is 7.13. The Labute approximate surface area is 168 Å². The SMILES string of the molecule is CCN(Cc1ccc(OC)c(OC)c1)C(=O)Cc1csc(-c2cccnc2)n1. The number of thiazole rings is 1. The molecule has 0 N–H and O–H groups in total. The molecule has 7 heteroatoms. The van der Waals surface area contributed by atoms with Gasteiger partial charge < -0.3 is 14.4 Å². The Bertz CT molecular complexity index is 928. The molecule has 1 amide bonds. The molecule has 0 saturated heterocycles. The summed E-state index contributed by atoms with van der Waals surface area (Å²) in [4.78, 5) is 23.3. The Hall–Kier alpha value is -2.93. The summed E-state index contributed by atoms with van der Waals surface area (Å²) in [7, 11) is 3.21. The lowest BCUT2D eigenvalue weighted by Crippen LogP contribution is -2.31. The van der Waals surface area contributed by atoms with Gasteiger partial charge in [0.25, 0.3) is 0 Å². The van der Waals surface area contributed by atoms with E-state index in [1.54, 1.807) is 26.6 Å². The first-order valence-electron chi connectivity index (χ1n) is 8.98. The van der Waals surface area contributed by atoms with Gasteiger partial charge in [-0.3, -0.25) is 9.78 Å². The lowest BCUT2D eigenvalue weighted by atomic mass is 10.1. The highest BCUT2D eigenvalue weighted by Gasteiger charge is 2.16. The molecular formula is C21H23N3O3S. The number of amides is 1. The van der Waals surface area contributed by atoms with Crippen molar-refractivity contribution in [2.75, 3.05) is 20.8 Å². The molecule has 0 unspecified atom stereocenters. The largest absolute Gasteiger partial charge is 0.493 e. The molecule has 3 aromatic rings. The molecule has 0 spiro atoms. The van der Waals surface area contributed by atoms with Crippen LogP contribution in [0.3, 0.4) is 0 Å². The first-order valence-corrected chi connectivity index (χ1v) is 9.86. The molecular weight excluding hydrogens is 374 g/mol. The van der Waals surface area contributed by atoms with Gasteiger partial charge >= 0.3 is 0 Å². The quantitative estimate of drug-likeness (QED) is 0.578. The van der Waals surface area contributed by atoms with Gasteiger partial charge in [-0.05, 0) is 36.8 Å². The van der Waals surface area contributed by atoms with E-state index in [2.05, 4.69) is 9.97 Å². The van der Waals surface area contributed by atoms with Crippen LogP contribution in [0.5, 0.6) is 11.5 Å². The van der Waals surface area contributed by atoms with E-state index in [1.807, 2.05) is 47.5 Å². The summed E-state index contributed by atoms with van der Waals surface area (Å²) in [5.41, 5.74) is 2.73. The zero-order valence-electron chi connectivity index (χ0n) is 16.2. The number of benzene rings is 1. The van der Waals surface area contributed by atoms with Crippen LogP contribution in [-0.4, -0.2) is 41.5 Å². The van der Waals surface area contributed by atoms with Crippen LogP contribution in [0.1, 0.15) is 18.2 Å². The Morgan fingerprint density at radius 3 is 2.68 bits per heavy atom. The summed E-state index contributed by atoms with van der Waals surface area (Å²) in [5, 5.41) is 2.81. The van der Waals surface area contributed by atoms with Gasteiger partial charge in [-0.25, -0.2) is 4.98 Å². The van der Waals surface area contributed by atoms with Gasteiger partial charge in [0.05, 0.1) is 26.3 Å². The zero-order valence-corrected chi connectivity index (χ0v) is 17.0. The van der Waals surface area contributed by atoms with Crippen molar-refractivity contribution in [3.63, 3.8) is 0 Å². The maximum absolute atomic E-state index is 12.8. The molecule has 0 atom stereocenters. The number of carbonyl (C=O) groups is 1. The third-order valence-corrected chi connectivity index (χ3v) is 5.29. The van der Waals surface area contributed by atoms with Crippen LogP contribution in [0, 0.1) is 0 Å². The van der Waals surface area contributed by atoms with E-state index in [-0.39, 0.29) is 12.3 Å². The standard InChI is InChI=1S/C21H23N3O3S/c1-4-24(13-15-7-8-18(26-2)19(10-15)27-3)20(25)11-17-14-28-21(23-17)16-6-5-9-22-12-16/h5-10,12,14H,4,11,13H2,1-3H3. The van der Waals surface area contributed by atoms with Crippen molar-refractivity contribution >= 4 is 17.2 Å². The molecule has 0 aliphatic rings. The second-order valence-corrected chi connectivity index (χ2v) is 7.02. The molecule has 2 aromatic heterocycles. The third kappa shape index (κ3) is 4.67.